The third kappa shape index (κ3) is 5.63. The van der Waals surface area contributed by atoms with Gasteiger partial charge in [-0.1, -0.05) is 83.1 Å². The van der Waals surface area contributed by atoms with Gasteiger partial charge in [-0.05, 0) is 63.2 Å². The van der Waals surface area contributed by atoms with Crippen LogP contribution in [0, 0.1) is 10.8 Å². The summed E-state index contributed by atoms with van der Waals surface area (Å²) in [5, 5.41) is 0. The van der Waals surface area contributed by atoms with Gasteiger partial charge in [-0.25, -0.2) is 0 Å². The maximum absolute atomic E-state index is 13.3. The van der Waals surface area contributed by atoms with Crippen molar-refractivity contribution in [2.24, 2.45) is 10.8 Å². The highest BCUT2D eigenvalue weighted by atomic mass is 16.5. The van der Waals surface area contributed by atoms with E-state index in [0.717, 1.165) is 28.0 Å². The molecule has 0 spiro atoms. The van der Waals surface area contributed by atoms with Gasteiger partial charge in [-0.3, -0.25) is 4.79 Å². The van der Waals surface area contributed by atoms with Gasteiger partial charge < -0.3 is 4.74 Å². The van der Waals surface area contributed by atoms with E-state index in [1.165, 1.54) is 11.1 Å². The number of Topliss-reactive ketones (excluding diaryl/α,β-unsaturated/α-hetero) is 1. The van der Waals surface area contributed by atoms with Crippen molar-refractivity contribution in [3.8, 4) is 5.75 Å². The zero-order valence-electron chi connectivity index (χ0n) is 22.7. The van der Waals surface area contributed by atoms with E-state index in [-0.39, 0.29) is 27.4 Å². The predicted molar refractivity (Wildman–Crippen MR) is 138 cm³/mol. The lowest BCUT2D eigenvalue weighted by Gasteiger charge is -2.31. The van der Waals surface area contributed by atoms with Gasteiger partial charge in [0.25, 0.3) is 0 Å². The van der Waals surface area contributed by atoms with Gasteiger partial charge in [0, 0.05) is 22.3 Å². The fourth-order valence-electron chi connectivity index (χ4n) is 4.11. The summed E-state index contributed by atoms with van der Waals surface area (Å²) in [6.07, 6.45) is 6.37. The Morgan fingerprint density at radius 2 is 1.03 bits per heavy atom. The van der Waals surface area contributed by atoms with Crippen molar-refractivity contribution in [1.82, 2.24) is 0 Å². The lowest BCUT2D eigenvalue weighted by atomic mass is 9.71. The number of allylic oxidation sites excluding steroid dienone is 5. The number of rotatable bonds is 2. The fourth-order valence-corrected chi connectivity index (χ4v) is 4.11. The van der Waals surface area contributed by atoms with E-state index in [9.17, 15) is 4.79 Å². The average Bonchev–Trinajstić information content (AvgIpc) is 2.58. The minimum absolute atomic E-state index is 0.0544. The molecule has 2 nitrogen and oxygen atoms in total. The molecule has 176 valence electrons. The maximum atomic E-state index is 13.3. The van der Waals surface area contributed by atoms with Crippen LogP contribution in [-0.2, 0) is 15.6 Å². The fraction of sp³-hybridized carbons (Fsp3) is 0.567. The summed E-state index contributed by atoms with van der Waals surface area (Å²) in [7, 11) is 1.77. The summed E-state index contributed by atoms with van der Waals surface area (Å²) in [5.41, 5.74) is 5.82. The average molecular weight is 437 g/mol. The third-order valence-electron chi connectivity index (χ3n) is 5.99. The molecular weight excluding hydrogens is 392 g/mol. The van der Waals surface area contributed by atoms with Crippen molar-refractivity contribution in [2.75, 3.05) is 7.11 Å². The number of hydrogen-bond donors (Lipinski definition) is 0. The first kappa shape index (κ1) is 26.2. The maximum Gasteiger partial charge on any atom is 0.186 e. The summed E-state index contributed by atoms with van der Waals surface area (Å²) in [4.78, 5) is 13.3. The Balaban J connectivity index is 2.84. The van der Waals surface area contributed by atoms with Gasteiger partial charge in [-0.15, -0.1) is 0 Å². The van der Waals surface area contributed by atoms with Crippen molar-refractivity contribution in [2.45, 2.75) is 93.9 Å². The van der Waals surface area contributed by atoms with Gasteiger partial charge in [-0.2, -0.15) is 0 Å². The molecule has 0 fully saturated rings. The van der Waals surface area contributed by atoms with Crippen molar-refractivity contribution in [3.63, 3.8) is 0 Å². The van der Waals surface area contributed by atoms with Crippen LogP contribution in [0.2, 0.25) is 0 Å². The second-order valence-electron chi connectivity index (χ2n) is 13.2. The number of carbonyl (C=O) groups is 1. The van der Waals surface area contributed by atoms with Crippen LogP contribution in [0.15, 0.2) is 41.0 Å². The van der Waals surface area contributed by atoms with Gasteiger partial charge in [0.1, 0.15) is 5.75 Å². The smallest absolute Gasteiger partial charge is 0.186 e. The Hall–Kier alpha value is -2.09. The summed E-state index contributed by atoms with van der Waals surface area (Å²) < 4.78 is 5.92. The van der Waals surface area contributed by atoms with E-state index in [0.29, 0.717) is 0 Å². The lowest BCUT2D eigenvalue weighted by Crippen LogP contribution is -2.27. The van der Waals surface area contributed by atoms with Crippen molar-refractivity contribution in [1.29, 1.82) is 0 Å². The lowest BCUT2D eigenvalue weighted by molar-refractivity contribution is -0.114. The molecule has 0 heterocycles. The number of carbonyl (C=O) groups excluding carboxylic acids is 1. The Morgan fingerprint density at radius 3 is 1.31 bits per heavy atom. The van der Waals surface area contributed by atoms with Crippen LogP contribution in [0.1, 0.15) is 99.8 Å². The third-order valence-corrected chi connectivity index (χ3v) is 5.99. The number of ketones is 1. The molecule has 0 radical (unpaired) electrons. The molecule has 1 aliphatic carbocycles. The summed E-state index contributed by atoms with van der Waals surface area (Å²) in [6, 6.07) is 4.49. The van der Waals surface area contributed by atoms with Crippen molar-refractivity contribution >= 4 is 11.9 Å². The van der Waals surface area contributed by atoms with Crippen LogP contribution < -0.4 is 4.74 Å². The Kier molecular flexibility index (Phi) is 6.83. The highest BCUT2D eigenvalue weighted by Gasteiger charge is 2.34. The molecule has 0 N–H and O–H groups in total. The molecule has 0 aromatic heterocycles. The van der Waals surface area contributed by atoms with E-state index in [1.807, 2.05) is 0 Å². The molecular formula is C30H44O2. The standard InChI is InChI=1S/C30H44O2/c1-27(2,3)21-15-19(16-22(25(21)31)28(4,5)6)14-20-17-23(29(7,8)9)26(32-13)24(18-20)30(10,11)12/h14-18H,1-13H3. The summed E-state index contributed by atoms with van der Waals surface area (Å²) in [6.45, 7) is 26.0. The molecule has 0 atom stereocenters. The normalized spacial score (nSPS) is 16.0. The Labute approximate surface area is 196 Å². The van der Waals surface area contributed by atoms with E-state index < -0.39 is 0 Å². The first-order chi connectivity index (χ1) is 14.3. The van der Waals surface area contributed by atoms with Crippen LogP contribution in [0.5, 0.6) is 5.75 Å². The SMILES string of the molecule is COc1c(C(C)(C)C)cc(C=C2C=C(C(C)(C)C)C(=O)C(C(C)(C)C)=C2)cc1C(C)(C)C. The molecule has 1 aromatic rings. The summed E-state index contributed by atoms with van der Waals surface area (Å²) >= 11 is 0. The molecule has 0 amide bonds. The second-order valence-corrected chi connectivity index (χ2v) is 13.2. The molecule has 0 unspecified atom stereocenters. The van der Waals surface area contributed by atoms with Crippen LogP contribution in [-0.4, -0.2) is 12.9 Å². The van der Waals surface area contributed by atoms with Gasteiger partial charge >= 0.3 is 0 Å². The molecule has 1 aliphatic rings. The van der Waals surface area contributed by atoms with Gasteiger partial charge in [0.15, 0.2) is 5.78 Å². The minimum Gasteiger partial charge on any atom is -0.496 e. The zero-order chi connectivity index (χ0) is 24.9. The molecule has 2 rings (SSSR count). The van der Waals surface area contributed by atoms with Crippen LogP contribution in [0.3, 0.4) is 0 Å². The topological polar surface area (TPSA) is 26.3 Å². The molecule has 2 heteroatoms. The zero-order valence-corrected chi connectivity index (χ0v) is 22.7. The largest absolute Gasteiger partial charge is 0.496 e. The van der Waals surface area contributed by atoms with Crippen LogP contribution in [0.4, 0.5) is 0 Å². The number of methoxy groups -OCH3 is 1. The van der Waals surface area contributed by atoms with Crippen molar-refractivity contribution < 1.29 is 9.53 Å². The van der Waals surface area contributed by atoms with E-state index in [2.05, 4.69) is 113 Å². The van der Waals surface area contributed by atoms with E-state index >= 15 is 0 Å². The van der Waals surface area contributed by atoms with E-state index in [1.54, 1.807) is 7.11 Å². The monoisotopic (exact) mass is 436 g/mol. The quantitative estimate of drug-likeness (QED) is 0.467. The number of hydrogen-bond acceptors (Lipinski definition) is 2. The molecule has 0 aliphatic heterocycles. The first-order valence-corrected chi connectivity index (χ1v) is 11.7. The Morgan fingerprint density at radius 1 is 0.656 bits per heavy atom. The molecule has 1 aromatic carbocycles. The molecule has 0 bridgehead atoms. The first-order valence-electron chi connectivity index (χ1n) is 11.7. The van der Waals surface area contributed by atoms with Gasteiger partial charge in [0.05, 0.1) is 7.11 Å². The summed E-state index contributed by atoms with van der Waals surface area (Å²) in [5.74, 6) is 1.14. The molecule has 0 saturated heterocycles. The minimum atomic E-state index is -0.214. The van der Waals surface area contributed by atoms with Crippen LogP contribution >= 0.6 is 0 Å². The van der Waals surface area contributed by atoms with Gasteiger partial charge in [0.2, 0.25) is 0 Å². The molecule has 0 saturated carbocycles. The van der Waals surface area contributed by atoms with E-state index in [4.69, 9.17) is 4.74 Å². The highest BCUT2D eigenvalue weighted by Crippen LogP contribution is 2.42. The predicted octanol–water partition coefficient (Wildman–Crippen LogP) is 8.20. The Bertz CT molecular complexity index is 914. The second kappa shape index (κ2) is 8.36. The number of ether oxygens (including phenoxy) is 1. The van der Waals surface area contributed by atoms with Crippen LogP contribution in [0.25, 0.3) is 6.08 Å². The van der Waals surface area contributed by atoms with Crippen molar-refractivity contribution in [3.05, 3.63) is 57.7 Å². The molecule has 32 heavy (non-hydrogen) atoms. The highest BCUT2D eigenvalue weighted by molar-refractivity contribution is 6.12. The number of benzene rings is 1.